The van der Waals surface area contributed by atoms with Gasteiger partial charge < -0.3 is 5.84 Å². The van der Waals surface area contributed by atoms with Crippen molar-refractivity contribution in [3.63, 3.8) is 0 Å². The summed E-state index contributed by atoms with van der Waals surface area (Å²) in [6.07, 6.45) is 0. The predicted octanol–water partition coefficient (Wildman–Crippen LogP) is 0.851. The average Bonchev–Trinajstić information content (AvgIpc) is 2.19. The van der Waals surface area contributed by atoms with Crippen molar-refractivity contribution in [3.05, 3.63) is 35.4 Å². The molecule has 5 heteroatoms. The van der Waals surface area contributed by atoms with Crippen LogP contribution in [0.1, 0.15) is 11.1 Å². The maximum Gasteiger partial charge on any atom is 0.169 e. The lowest BCUT2D eigenvalue weighted by Crippen LogP contribution is -2.34. The summed E-state index contributed by atoms with van der Waals surface area (Å²) in [4.78, 5) is 0. The molecule has 0 aromatic heterocycles. The number of amidine groups is 1. The van der Waals surface area contributed by atoms with Crippen LogP contribution in [0.3, 0.4) is 0 Å². The fraction of sp³-hybridized carbons (Fsp3) is 0.222. The minimum Gasteiger partial charge on any atom is -0.321 e. The first-order valence-corrected chi connectivity index (χ1v) is 4.64. The Morgan fingerprint density at radius 1 is 1.43 bits per heavy atom. The highest BCUT2D eigenvalue weighted by Crippen LogP contribution is 2.08. The van der Waals surface area contributed by atoms with Crippen LogP contribution in [0.2, 0.25) is 0 Å². The van der Waals surface area contributed by atoms with Crippen LogP contribution >= 0.6 is 11.6 Å². The Kier molecular flexibility index (Phi) is 3.73. The Hall–Kier alpha value is -1.26. The van der Waals surface area contributed by atoms with Crippen LogP contribution in [0.15, 0.2) is 29.4 Å². The normalized spacial score (nSPS) is 11.5. The van der Waals surface area contributed by atoms with Gasteiger partial charge in [0, 0.05) is 18.5 Å². The van der Waals surface area contributed by atoms with Gasteiger partial charge in [0.05, 0.1) is 0 Å². The molecule has 4 nitrogen and oxygen atoms in total. The lowest BCUT2D eigenvalue weighted by Gasteiger charge is -2.14. The zero-order valence-corrected chi connectivity index (χ0v) is 8.70. The first-order valence-electron chi connectivity index (χ1n) is 4.10. The molecule has 76 valence electrons. The molecule has 0 spiro atoms. The lowest BCUT2D eigenvalue weighted by atomic mass is 10.1. The summed E-state index contributed by atoms with van der Waals surface area (Å²) in [6.45, 7) is 0. The van der Waals surface area contributed by atoms with Gasteiger partial charge >= 0.3 is 0 Å². The van der Waals surface area contributed by atoms with E-state index >= 15 is 0 Å². The van der Waals surface area contributed by atoms with Crippen molar-refractivity contribution in [1.29, 1.82) is 0 Å². The van der Waals surface area contributed by atoms with Gasteiger partial charge in [0.1, 0.15) is 0 Å². The molecule has 0 aliphatic carbocycles. The summed E-state index contributed by atoms with van der Waals surface area (Å²) in [5, 5.41) is 4.97. The maximum atomic E-state index is 5.67. The Morgan fingerprint density at radius 3 is 2.36 bits per heavy atom. The lowest BCUT2D eigenvalue weighted by molar-refractivity contribution is 0.537. The molecular formula is C9H13ClN4. The zero-order chi connectivity index (χ0) is 10.6. The molecule has 0 fully saturated rings. The van der Waals surface area contributed by atoms with E-state index in [1.807, 2.05) is 24.3 Å². The first-order chi connectivity index (χ1) is 6.69. The summed E-state index contributed by atoms with van der Waals surface area (Å²) >= 11 is 5.67. The van der Waals surface area contributed by atoms with E-state index < -0.39 is 0 Å². The fourth-order valence-corrected chi connectivity index (χ4v) is 1.29. The average molecular weight is 213 g/mol. The number of hydrazine groups is 1. The second kappa shape index (κ2) is 4.83. The minimum atomic E-state index is 0.494. The first kappa shape index (κ1) is 10.8. The number of rotatable bonds is 2. The molecule has 0 heterocycles. The van der Waals surface area contributed by atoms with Gasteiger partial charge in [-0.2, -0.15) is 5.10 Å². The van der Waals surface area contributed by atoms with Crippen molar-refractivity contribution in [2.24, 2.45) is 16.8 Å². The molecule has 14 heavy (non-hydrogen) atoms. The third-order valence-electron chi connectivity index (χ3n) is 1.82. The van der Waals surface area contributed by atoms with E-state index in [2.05, 4.69) is 5.10 Å². The Labute approximate surface area is 88.1 Å². The molecular weight excluding hydrogens is 200 g/mol. The second-order valence-corrected chi connectivity index (χ2v) is 3.16. The molecule has 0 radical (unpaired) electrons. The molecule has 0 atom stereocenters. The summed E-state index contributed by atoms with van der Waals surface area (Å²) in [7, 11) is 1.68. The van der Waals surface area contributed by atoms with Gasteiger partial charge in [0.15, 0.2) is 5.84 Å². The van der Waals surface area contributed by atoms with E-state index in [0.717, 1.165) is 11.1 Å². The van der Waals surface area contributed by atoms with Crippen LogP contribution in [0.25, 0.3) is 0 Å². The van der Waals surface area contributed by atoms with Gasteiger partial charge in [-0.25, -0.2) is 5.84 Å². The molecule has 0 aliphatic heterocycles. The van der Waals surface area contributed by atoms with Crippen LogP contribution in [0.4, 0.5) is 0 Å². The van der Waals surface area contributed by atoms with Crippen molar-refractivity contribution in [2.45, 2.75) is 5.88 Å². The van der Waals surface area contributed by atoms with E-state index in [1.54, 1.807) is 7.05 Å². The zero-order valence-electron chi connectivity index (χ0n) is 7.94. The van der Waals surface area contributed by atoms with Crippen molar-refractivity contribution < 1.29 is 0 Å². The third-order valence-corrected chi connectivity index (χ3v) is 2.13. The van der Waals surface area contributed by atoms with Crippen molar-refractivity contribution in [3.8, 4) is 0 Å². The highest BCUT2D eigenvalue weighted by atomic mass is 35.5. The molecule has 1 aromatic rings. The maximum absolute atomic E-state index is 5.67. The Bertz CT molecular complexity index is 318. The fourth-order valence-electron chi connectivity index (χ4n) is 1.11. The van der Waals surface area contributed by atoms with E-state index in [0.29, 0.717) is 11.7 Å². The number of hydrogen-bond donors (Lipinski definition) is 2. The number of nitrogens with two attached hydrogens (primary N) is 2. The molecule has 0 amide bonds. The molecule has 0 saturated heterocycles. The summed E-state index contributed by atoms with van der Waals surface area (Å²) < 4.78 is 0. The van der Waals surface area contributed by atoms with Gasteiger partial charge in [-0.15, -0.1) is 11.6 Å². The number of halogens is 1. The molecule has 0 saturated carbocycles. The number of alkyl halides is 1. The largest absolute Gasteiger partial charge is 0.321 e. The molecule has 0 unspecified atom stereocenters. The number of hydrogen-bond acceptors (Lipinski definition) is 3. The third kappa shape index (κ3) is 2.37. The van der Waals surface area contributed by atoms with Crippen LogP contribution in [0.5, 0.6) is 0 Å². The SMILES string of the molecule is CN(N)/C(=N\N)c1ccc(CCl)cc1. The van der Waals surface area contributed by atoms with Crippen molar-refractivity contribution in [2.75, 3.05) is 7.05 Å². The highest BCUT2D eigenvalue weighted by Gasteiger charge is 2.05. The van der Waals surface area contributed by atoms with Gasteiger partial charge in [0.25, 0.3) is 0 Å². The van der Waals surface area contributed by atoms with Crippen LogP contribution in [-0.2, 0) is 5.88 Å². The second-order valence-electron chi connectivity index (χ2n) is 2.89. The summed E-state index contributed by atoms with van der Waals surface area (Å²) in [5.41, 5.74) is 1.91. The molecule has 0 aliphatic rings. The topological polar surface area (TPSA) is 67.6 Å². The number of nitrogens with zero attached hydrogens (tertiary/aromatic N) is 2. The smallest absolute Gasteiger partial charge is 0.169 e. The van der Waals surface area contributed by atoms with Gasteiger partial charge in [0.2, 0.25) is 0 Å². The quantitative estimate of drug-likeness (QED) is 0.251. The summed E-state index contributed by atoms with van der Waals surface area (Å²) in [5.74, 6) is 11.8. The molecule has 4 N–H and O–H groups in total. The number of hydrazone groups is 1. The van der Waals surface area contributed by atoms with E-state index in [4.69, 9.17) is 23.3 Å². The standard InChI is InChI=1S/C9H13ClN4/c1-14(12)9(13-11)8-4-2-7(6-10)3-5-8/h2-5H,6,11-12H2,1H3/b13-9-. The van der Waals surface area contributed by atoms with Gasteiger partial charge in [-0.1, -0.05) is 24.3 Å². The van der Waals surface area contributed by atoms with Crippen molar-refractivity contribution in [1.82, 2.24) is 5.01 Å². The van der Waals surface area contributed by atoms with E-state index in [1.165, 1.54) is 5.01 Å². The Balaban J connectivity index is 2.96. The monoisotopic (exact) mass is 212 g/mol. The van der Waals surface area contributed by atoms with Crippen LogP contribution in [-0.4, -0.2) is 17.9 Å². The van der Waals surface area contributed by atoms with Crippen molar-refractivity contribution >= 4 is 17.4 Å². The van der Waals surface area contributed by atoms with E-state index in [-0.39, 0.29) is 0 Å². The minimum absolute atomic E-state index is 0.494. The van der Waals surface area contributed by atoms with Crippen LogP contribution in [0, 0.1) is 0 Å². The van der Waals surface area contributed by atoms with Crippen LogP contribution < -0.4 is 11.7 Å². The highest BCUT2D eigenvalue weighted by molar-refractivity contribution is 6.17. The Morgan fingerprint density at radius 2 is 2.00 bits per heavy atom. The molecule has 1 aromatic carbocycles. The molecule has 0 bridgehead atoms. The summed E-state index contributed by atoms with van der Waals surface area (Å²) in [6, 6.07) is 7.59. The van der Waals surface area contributed by atoms with Gasteiger partial charge in [-0.3, -0.25) is 5.01 Å². The number of benzene rings is 1. The molecule has 1 rings (SSSR count). The van der Waals surface area contributed by atoms with E-state index in [9.17, 15) is 0 Å². The van der Waals surface area contributed by atoms with Gasteiger partial charge in [-0.05, 0) is 5.56 Å². The predicted molar refractivity (Wildman–Crippen MR) is 58.7 cm³/mol.